The number of aryl methyl sites for hydroxylation is 1. The summed E-state index contributed by atoms with van der Waals surface area (Å²) in [6.07, 6.45) is 5.27. The molecule has 6 nitrogen and oxygen atoms in total. The fourth-order valence-electron chi connectivity index (χ4n) is 2.92. The Morgan fingerprint density at radius 3 is 2.52 bits per heavy atom. The molecule has 3 rings (SSSR count). The summed E-state index contributed by atoms with van der Waals surface area (Å²) in [7, 11) is 0. The van der Waals surface area contributed by atoms with Gasteiger partial charge in [0.25, 0.3) is 0 Å². The smallest absolute Gasteiger partial charge is 0.314 e. The molecule has 1 aliphatic heterocycles. The third-order valence-electron chi connectivity index (χ3n) is 4.29. The summed E-state index contributed by atoms with van der Waals surface area (Å²) in [6, 6.07) is 11.0. The van der Waals surface area contributed by atoms with E-state index < -0.39 is 11.8 Å². The molecule has 2 aromatic rings. The minimum absolute atomic E-state index is 0.532. The predicted octanol–water partition coefficient (Wildman–Crippen LogP) is 2.96. The van der Waals surface area contributed by atoms with Gasteiger partial charge in [-0.05, 0) is 56.5 Å². The van der Waals surface area contributed by atoms with Gasteiger partial charge < -0.3 is 15.5 Å². The normalized spacial score (nSPS) is 14.0. The molecule has 1 aromatic carbocycles. The van der Waals surface area contributed by atoms with Crippen LogP contribution in [0.2, 0.25) is 0 Å². The van der Waals surface area contributed by atoms with E-state index in [1.54, 1.807) is 31.3 Å². The van der Waals surface area contributed by atoms with Gasteiger partial charge >= 0.3 is 11.8 Å². The minimum atomic E-state index is -0.709. The Kier molecular flexibility index (Phi) is 5.28. The quantitative estimate of drug-likeness (QED) is 0.844. The van der Waals surface area contributed by atoms with E-state index in [2.05, 4.69) is 20.5 Å². The largest absolute Gasteiger partial charge is 0.371 e. The lowest BCUT2D eigenvalue weighted by Crippen LogP contribution is -2.30. The lowest BCUT2D eigenvalue weighted by molar-refractivity contribution is -0.133. The summed E-state index contributed by atoms with van der Waals surface area (Å²) in [4.78, 5) is 30.6. The van der Waals surface area contributed by atoms with Gasteiger partial charge in [-0.25, -0.2) is 0 Å². The Morgan fingerprint density at radius 2 is 1.76 bits per heavy atom. The summed E-state index contributed by atoms with van der Waals surface area (Å²) < 4.78 is 0. The average Bonchev–Trinajstić information content (AvgIpc) is 2.64. The van der Waals surface area contributed by atoms with E-state index in [0.29, 0.717) is 17.1 Å². The van der Waals surface area contributed by atoms with Crippen LogP contribution in [0.4, 0.5) is 17.1 Å². The monoisotopic (exact) mass is 338 g/mol. The number of pyridine rings is 1. The SMILES string of the molecule is Cc1ncccc1NC(=O)C(=O)Nc1cccc(N2CCCCC2)c1. The molecule has 25 heavy (non-hydrogen) atoms. The van der Waals surface area contributed by atoms with E-state index in [-0.39, 0.29) is 0 Å². The number of hydrogen-bond acceptors (Lipinski definition) is 4. The van der Waals surface area contributed by atoms with Crippen LogP contribution in [-0.2, 0) is 9.59 Å². The number of benzene rings is 1. The minimum Gasteiger partial charge on any atom is -0.371 e. The molecule has 0 aliphatic carbocycles. The van der Waals surface area contributed by atoms with E-state index in [9.17, 15) is 9.59 Å². The number of anilines is 3. The van der Waals surface area contributed by atoms with Crippen LogP contribution in [-0.4, -0.2) is 29.9 Å². The first kappa shape index (κ1) is 17.0. The van der Waals surface area contributed by atoms with Gasteiger partial charge in [0.2, 0.25) is 0 Å². The highest BCUT2D eigenvalue weighted by molar-refractivity contribution is 6.43. The fraction of sp³-hybridized carbons (Fsp3) is 0.316. The zero-order valence-electron chi connectivity index (χ0n) is 14.3. The third-order valence-corrected chi connectivity index (χ3v) is 4.29. The zero-order chi connectivity index (χ0) is 17.6. The van der Waals surface area contributed by atoms with Gasteiger partial charge in [0.15, 0.2) is 0 Å². The van der Waals surface area contributed by atoms with Crippen LogP contribution in [0.15, 0.2) is 42.6 Å². The average molecular weight is 338 g/mol. The molecule has 0 saturated carbocycles. The second-order valence-corrected chi connectivity index (χ2v) is 6.14. The molecule has 0 spiro atoms. The van der Waals surface area contributed by atoms with E-state index in [4.69, 9.17) is 0 Å². The van der Waals surface area contributed by atoms with Gasteiger partial charge in [0.1, 0.15) is 0 Å². The molecule has 0 atom stereocenters. The molecule has 2 heterocycles. The molecule has 0 bridgehead atoms. The van der Waals surface area contributed by atoms with Crippen molar-refractivity contribution in [3.05, 3.63) is 48.3 Å². The van der Waals surface area contributed by atoms with Crippen LogP contribution >= 0.6 is 0 Å². The van der Waals surface area contributed by atoms with E-state index in [0.717, 1.165) is 18.8 Å². The first-order valence-electron chi connectivity index (χ1n) is 8.52. The lowest BCUT2D eigenvalue weighted by atomic mass is 10.1. The summed E-state index contributed by atoms with van der Waals surface area (Å²) in [5.74, 6) is -1.40. The molecule has 1 aromatic heterocycles. The number of nitrogens with one attached hydrogen (secondary N) is 2. The first-order chi connectivity index (χ1) is 12.1. The second kappa shape index (κ2) is 7.79. The van der Waals surface area contributed by atoms with Crippen LogP contribution in [0.25, 0.3) is 0 Å². The molecule has 1 fully saturated rings. The summed E-state index contributed by atoms with van der Waals surface area (Å²) in [5.41, 5.74) is 2.88. The maximum absolute atomic E-state index is 12.2. The van der Waals surface area contributed by atoms with Crippen molar-refractivity contribution >= 4 is 28.9 Å². The Morgan fingerprint density at radius 1 is 1.00 bits per heavy atom. The number of nitrogens with zero attached hydrogens (tertiary/aromatic N) is 2. The van der Waals surface area contributed by atoms with Crippen LogP contribution in [0.1, 0.15) is 25.0 Å². The van der Waals surface area contributed by atoms with Crippen LogP contribution < -0.4 is 15.5 Å². The first-order valence-corrected chi connectivity index (χ1v) is 8.52. The maximum atomic E-state index is 12.2. The fourth-order valence-corrected chi connectivity index (χ4v) is 2.92. The maximum Gasteiger partial charge on any atom is 0.314 e. The molecule has 2 amide bonds. The highest BCUT2D eigenvalue weighted by Crippen LogP contribution is 2.23. The highest BCUT2D eigenvalue weighted by Gasteiger charge is 2.16. The van der Waals surface area contributed by atoms with Crippen molar-refractivity contribution in [2.75, 3.05) is 28.6 Å². The van der Waals surface area contributed by atoms with Gasteiger partial charge in [-0.3, -0.25) is 14.6 Å². The van der Waals surface area contributed by atoms with Crippen molar-refractivity contribution < 1.29 is 9.59 Å². The molecule has 0 unspecified atom stereocenters. The molecule has 130 valence electrons. The van der Waals surface area contributed by atoms with Crippen LogP contribution in [0.5, 0.6) is 0 Å². The van der Waals surface area contributed by atoms with Gasteiger partial charge in [0, 0.05) is 30.7 Å². The Labute approximate surface area is 147 Å². The number of carbonyl (C=O) groups is 2. The van der Waals surface area contributed by atoms with Gasteiger partial charge in [-0.2, -0.15) is 0 Å². The number of carbonyl (C=O) groups excluding carboxylic acids is 2. The number of piperidine rings is 1. The Balaban J connectivity index is 1.64. The number of aromatic nitrogens is 1. The van der Waals surface area contributed by atoms with Gasteiger partial charge in [-0.1, -0.05) is 6.07 Å². The summed E-state index contributed by atoms with van der Waals surface area (Å²) >= 11 is 0. The van der Waals surface area contributed by atoms with E-state index >= 15 is 0 Å². The van der Waals surface area contributed by atoms with Crippen molar-refractivity contribution in [3.63, 3.8) is 0 Å². The van der Waals surface area contributed by atoms with E-state index in [1.807, 2.05) is 18.2 Å². The second-order valence-electron chi connectivity index (χ2n) is 6.14. The van der Waals surface area contributed by atoms with Gasteiger partial charge in [0.05, 0.1) is 11.4 Å². The van der Waals surface area contributed by atoms with Crippen molar-refractivity contribution in [2.45, 2.75) is 26.2 Å². The molecular weight excluding hydrogens is 316 g/mol. The summed E-state index contributed by atoms with van der Waals surface area (Å²) in [6.45, 7) is 3.83. The van der Waals surface area contributed by atoms with Crippen molar-refractivity contribution in [1.82, 2.24) is 4.98 Å². The molecule has 1 saturated heterocycles. The molecule has 1 aliphatic rings. The number of rotatable bonds is 3. The van der Waals surface area contributed by atoms with Crippen LogP contribution in [0, 0.1) is 6.92 Å². The third kappa shape index (κ3) is 4.35. The van der Waals surface area contributed by atoms with Crippen molar-refractivity contribution in [3.8, 4) is 0 Å². The van der Waals surface area contributed by atoms with Gasteiger partial charge in [-0.15, -0.1) is 0 Å². The summed E-state index contributed by atoms with van der Waals surface area (Å²) in [5, 5.41) is 5.25. The molecule has 0 radical (unpaired) electrons. The highest BCUT2D eigenvalue weighted by atomic mass is 16.2. The van der Waals surface area contributed by atoms with E-state index in [1.165, 1.54) is 19.3 Å². The topological polar surface area (TPSA) is 74.3 Å². The van der Waals surface area contributed by atoms with Crippen LogP contribution in [0.3, 0.4) is 0 Å². The standard InChI is InChI=1S/C19H22N4O2/c1-14-17(9-6-10-20-14)22-19(25)18(24)21-15-7-5-8-16(13-15)23-11-3-2-4-12-23/h5-10,13H,2-4,11-12H2,1H3,(H,21,24)(H,22,25). The molecular formula is C19H22N4O2. The lowest BCUT2D eigenvalue weighted by Gasteiger charge is -2.29. The number of hydrogen-bond donors (Lipinski definition) is 2. The Bertz CT molecular complexity index is 770. The number of amides is 2. The van der Waals surface area contributed by atoms with Crippen molar-refractivity contribution in [1.29, 1.82) is 0 Å². The zero-order valence-corrected chi connectivity index (χ0v) is 14.3. The van der Waals surface area contributed by atoms with Crippen molar-refractivity contribution in [2.24, 2.45) is 0 Å². The Hall–Kier alpha value is -2.89. The molecule has 2 N–H and O–H groups in total. The predicted molar refractivity (Wildman–Crippen MR) is 98.7 cm³/mol. The molecule has 6 heteroatoms.